The first-order chi connectivity index (χ1) is 29.2. The molecule has 0 aliphatic heterocycles. The molecule has 0 aliphatic rings. The number of benzene rings is 10. The van der Waals surface area contributed by atoms with E-state index in [1.54, 1.807) is 0 Å². The molecule has 0 amide bonds. The molecule has 274 valence electrons. The van der Waals surface area contributed by atoms with Crippen LogP contribution in [0.2, 0.25) is 0 Å². The van der Waals surface area contributed by atoms with Crippen molar-refractivity contribution < 1.29 is 0 Å². The normalized spacial score (nSPS) is 12.1. The molecule has 0 spiro atoms. The Balaban J connectivity index is 1.21. The molecule has 0 radical (unpaired) electrons. The van der Waals surface area contributed by atoms with Crippen molar-refractivity contribution >= 4 is 97.6 Å². The Morgan fingerprint density at radius 1 is 0.254 bits per heavy atom. The zero-order chi connectivity index (χ0) is 38.8. The summed E-state index contributed by atoms with van der Waals surface area (Å²) in [4.78, 5) is 15.8. The molecule has 0 N–H and O–H groups in total. The number of hydrogen-bond acceptors (Lipinski definition) is 1. The van der Waals surface area contributed by atoms with Crippen LogP contribution < -0.4 is 5.56 Å². The Morgan fingerprint density at radius 3 is 1.36 bits per heavy atom. The van der Waals surface area contributed by atoms with Gasteiger partial charge in [-0.25, -0.2) is 0 Å². The van der Waals surface area contributed by atoms with Gasteiger partial charge in [0.05, 0.1) is 33.0 Å². The van der Waals surface area contributed by atoms with Crippen molar-refractivity contribution in [1.82, 2.24) is 13.7 Å². The lowest BCUT2D eigenvalue weighted by Crippen LogP contribution is -2.20. The van der Waals surface area contributed by atoms with Crippen LogP contribution in [-0.4, -0.2) is 13.7 Å². The molecule has 0 saturated heterocycles. The quantitative estimate of drug-likeness (QED) is 0.165. The minimum atomic E-state index is -0.0438. The highest BCUT2D eigenvalue weighted by molar-refractivity contribution is 6.29. The predicted octanol–water partition coefficient (Wildman–Crippen LogP) is 13.8. The molecule has 0 aliphatic carbocycles. The molecule has 3 heterocycles. The van der Waals surface area contributed by atoms with E-state index in [0.29, 0.717) is 5.39 Å². The number of hydrogen-bond donors (Lipinski definition) is 0. The van der Waals surface area contributed by atoms with Crippen molar-refractivity contribution in [2.45, 2.75) is 0 Å². The second-order valence-corrected chi connectivity index (χ2v) is 15.6. The van der Waals surface area contributed by atoms with Crippen LogP contribution in [0, 0.1) is 0 Å². The van der Waals surface area contributed by atoms with Gasteiger partial charge in [-0.05, 0) is 92.3 Å². The minimum absolute atomic E-state index is 0.0438. The third kappa shape index (κ3) is 4.35. The summed E-state index contributed by atoms with van der Waals surface area (Å²) in [7, 11) is 0. The zero-order valence-corrected chi connectivity index (χ0v) is 31.8. The topological polar surface area (TPSA) is 31.9 Å². The van der Waals surface area contributed by atoms with E-state index >= 15 is 4.79 Å². The van der Waals surface area contributed by atoms with Gasteiger partial charge in [-0.2, -0.15) is 0 Å². The fraction of sp³-hybridized carbons (Fsp3) is 0. The fourth-order valence-electron chi connectivity index (χ4n) is 10.2. The first-order valence-electron chi connectivity index (χ1n) is 20.2. The standard InChI is InChI=1S/C55H33N3O/c59-55-52-43(29-30-44-42-23-11-13-25-48(42)57(54(44)52)34-15-3-1-4-16-34)45-31-32-50-51(53(45)58(55)35-17-5-2-6-18-35)46-24-12-14-26-49(46)56(50)36-27-28-41-39-21-8-7-19-37(39)38-20-9-10-22-40(38)47(41)33-36/h1-33H. The van der Waals surface area contributed by atoms with Gasteiger partial charge in [0.15, 0.2) is 0 Å². The Labute approximate surface area is 337 Å². The molecule has 0 atom stereocenters. The number of fused-ring (bicyclic) bond motifs is 17. The van der Waals surface area contributed by atoms with Crippen molar-refractivity contribution in [2.75, 3.05) is 0 Å². The van der Waals surface area contributed by atoms with Crippen LogP contribution in [0.5, 0.6) is 0 Å². The van der Waals surface area contributed by atoms with E-state index in [0.717, 1.165) is 77.0 Å². The fourth-order valence-corrected chi connectivity index (χ4v) is 10.2. The lowest BCUT2D eigenvalue weighted by atomic mass is 9.94. The van der Waals surface area contributed by atoms with Crippen LogP contribution in [-0.2, 0) is 0 Å². The van der Waals surface area contributed by atoms with Crippen molar-refractivity contribution in [3.05, 3.63) is 211 Å². The van der Waals surface area contributed by atoms with Crippen molar-refractivity contribution in [2.24, 2.45) is 0 Å². The van der Waals surface area contributed by atoms with Crippen LogP contribution in [0.15, 0.2) is 205 Å². The van der Waals surface area contributed by atoms with Crippen LogP contribution in [0.4, 0.5) is 0 Å². The van der Waals surface area contributed by atoms with Gasteiger partial charge in [-0.3, -0.25) is 9.36 Å². The first-order valence-corrected chi connectivity index (χ1v) is 20.2. The summed E-state index contributed by atoms with van der Waals surface area (Å²) in [6.07, 6.45) is 0. The molecule has 13 rings (SSSR count). The van der Waals surface area contributed by atoms with E-state index in [9.17, 15) is 0 Å². The maximum atomic E-state index is 15.8. The molecule has 59 heavy (non-hydrogen) atoms. The lowest BCUT2D eigenvalue weighted by molar-refractivity contribution is 1.06. The van der Waals surface area contributed by atoms with Gasteiger partial charge in [0, 0.05) is 44.0 Å². The summed E-state index contributed by atoms with van der Waals surface area (Å²) in [5.74, 6) is 0. The third-order valence-corrected chi connectivity index (χ3v) is 12.6. The number of nitrogens with zero attached hydrogens (tertiary/aromatic N) is 3. The van der Waals surface area contributed by atoms with Gasteiger partial charge < -0.3 is 9.13 Å². The van der Waals surface area contributed by atoms with E-state index in [1.807, 2.05) is 28.8 Å². The Morgan fingerprint density at radius 2 is 0.695 bits per heavy atom. The first kappa shape index (κ1) is 32.2. The second-order valence-electron chi connectivity index (χ2n) is 15.6. The van der Waals surface area contributed by atoms with Crippen LogP contribution >= 0.6 is 0 Å². The largest absolute Gasteiger partial charge is 0.309 e. The summed E-state index contributed by atoms with van der Waals surface area (Å²) in [5, 5.41) is 14.4. The van der Waals surface area contributed by atoms with Gasteiger partial charge in [0.1, 0.15) is 0 Å². The predicted molar refractivity (Wildman–Crippen MR) is 248 cm³/mol. The van der Waals surface area contributed by atoms with E-state index in [2.05, 4.69) is 185 Å². The highest BCUT2D eigenvalue weighted by Gasteiger charge is 2.24. The zero-order valence-electron chi connectivity index (χ0n) is 31.8. The molecular formula is C55H33N3O. The molecule has 0 bridgehead atoms. The van der Waals surface area contributed by atoms with Gasteiger partial charge in [-0.15, -0.1) is 0 Å². The molecule has 13 aromatic rings. The summed E-state index contributed by atoms with van der Waals surface area (Å²) in [6.45, 7) is 0. The summed E-state index contributed by atoms with van der Waals surface area (Å²) in [6, 6.07) is 70.9. The van der Waals surface area contributed by atoms with Gasteiger partial charge in [0.25, 0.3) is 5.56 Å². The van der Waals surface area contributed by atoms with Crippen LogP contribution in [0.25, 0.3) is 115 Å². The molecule has 10 aromatic carbocycles. The highest BCUT2D eigenvalue weighted by Crippen LogP contribution is 2.43. The summed E-state index contributed by atoms with van der Waals surface area (Å²) < 4.78 is 6.63. The van der Waals surface area contributed by atoms with Crippen molar-refractivity contribution in [1.29, 1.82) is 0 Å². The third-order valence-electron chi connectivity index (χ3n) is 12.6. The van der Waals surface area contributed by atoms with E-state index in [1.165, 1.54) is 32.3 Å². The molecule has 0 fully saturated rings. The maximum Gasteiger partial charge on any atom is 0.265 e. The minimum Gasteiger partial charge on any atom is -0.309 e. The lowest BCUT2D eigenvalue weighted by Gasteiger charge is -2.17. The number of para-hydroxylation sites is 4. The Kier molecular flexibility index (Phi) is 6.56. The van der Waals surface area contributed by atoms with Crippen molar-refractivity contribution in [3.63, 3.8) is 0 Å². The Bertz CT molecular complexity index is 3930. The van der Waals surface area contributed by atoms with E-state index in [4.69, 9.17) is 0 Å². The maximum absolute atomic E-state index is 15.8. The number of aromatic nitrogens is 3. The average Bonchev–Trinajstić information content (AvgIpc) is 3.83. The van der Waals surface area contributed by atoms with Crippen LogP contribution in [0.1, 0.15) is 0 Å². The van der Waals surface area contributed by atoms with Gasteiger partial charge in [-0.1, -0.05) is 146 Å². The SMILES string of the molecule is O=c1c2c(ccc3c4ccccc4n(-c4ccccc4)c32)c2ccc3c(c4ccccc4n3-c3ccc4c5ccccc5c5ccccc5c4c3)c2n1-c1ccccc1. The van der Waals surface area contributed by atoms with E-state index in [-0.39, 0.29) is 5.56 Å². The number of rotatable bonds is 3. The molecule has 4 nitrogen and oxygen atoms in total. The monoisotopic (exact) mass is 751 g/mol. The van der Waals surface area contributed by atoms with Gasteiger partial charge >= 0.3 is 0 Å². The molecule has 0 saturated carbocycles. The molecule has 4 heteroatoms. The molecule has 0 unspecified atom stereocenters. The van der Waals surface area contributed by atoms with Gasteiger partial charge in [0.2, 0.25) is 0 Å². The van der Waals surface area contributed by atoms with Crippen molar-refractivity contribution in [3.8, 4) is 17.1 Å². The molecule has 3 aromatic heterocycles. The Hall–Kier alpha value is -7.95. The number of pyridine rings is 1. The average molecular weight is 752 g/mol. The highest BCUT2D eigenvalue weighted by atomic mass is 16.1. The van der Waals surface area contributed by atoms with Crippen LogP contribution in [0.3, 0.4) is 0 Å². The summed E-state index contributed by atoms with van der Waals surface area (Å²) >= 11 is 0. The second kappa shape index (κ2) is 12.0. The van der Waals surface area contributed by atoms with E-state index < -0.39 is 0 Å². The smallest absolute Gasteiger partial charge is 0.265 e. The summed E-state index contributed by atoms with van der Waals surface area (Å²) in [5.41, 5.74) is 7.91. The molecular weight excluding hydrogens is 719 g/mol.